The Morgan fingerprint density at radius 3 is 2.75 bits per heavy atom. The van der Waals surface area contributed by atoms with Gasteiger partial charge in [0.25, 0.3) is 0 Å². The molecule has 5 heteroatoms. The lowest BCUT2D eigenvalue weighted by Gasteiger charge is -2.31. The molecule has 1 aromatic rings. The molecule has 0 saturated carbocycles. The Balaban J connectivity index is 1.66. The van der Waals surface area contributed by atoms with Gasteiger partial charge in [-0.15, -0.1) is 6.58 Å². The summed E-state index contributed by atoms with van der Waals surface area (Å²) >= 11 is 0. The number of carbonyl (C=O) groups is 1. The lowest BCUT2D eigenvalue weighted by atomic mass is 10.1. The highest BCUT2D eigenvalue weighted by molar-refractivity contribution is 5.74. The van der Waals surface area contributed by atoms with Crippen molar-refractivity contribution in [3.05, 3.63) is 42.7 Å². The third-order valence-electron chi connectivity index (χ3n) is 3.51. The van der Waals surface area contributed by atoms with Gasteiger partial charge in [0, 0.05) is 44.6 Å². The number of rotatable bonds is 5. The second-order valence-electron chi connectivity index (χ2n) is 5.05. The molecule has 0 bridgehead atoms. The maximum Gasteiger partial charge on any atom is 0.315 e. The van der Waals surface area contributed by atoms with Crippen molar-refractivity contribution in [3.8, 4) is 0 Å². The summed E-state index contributed by atoms with van der Waals surface area (Å²) in [6.45, 7) is 7.24. The molecule has 20 heavy (non-hydrogen) atoms. The van der Waals surface area contributed by atoms with Gasteiger partial charge in [-0.05, 0) is 30.5 Å². The van der Waals surface area contributed by atoms with E-state index in [4.69, 9.17) is 0 Å². The number of piperidine rings is 1. The van der Waals surface area contributed by atoms with E-state index in [1.165, 1.54) is 0 Å². The lowest BCUT2D eigenvalue weighted by molar-refractivity contribution is 0.204. The zero-order chi connectivity index (χ0) is 14.2. The molecule has 2 amide bonds. The predicted octanol–water partition coefficient (Wildman–Crippen LogP) is 1.53. The van der Waals surface area contributed by atoms with Crippen molar-refractivity contribution in [3.63, 3.8) is 0 Å². The molecule has 0 aromatic carbocycles. The molecule has 0 atom stereocenters. The molecule has 0 spiro atoms. The molecule has 1 aliphatic heterocycles. The highest BCUT2D eigenvalue weighted by atomic mass is 16.2. The third kappa shape index (κ3) is 4.66. The summed E-state index contributed by atoms with van der Waals surface area (Å²) in [4.78, 5) is 18.1. The number of likely N-dealkylation sites (tertiary alicyclic amines) is 1. The van der Waals surface area contributed by atoms with Crippen LogP contribution in [0, 0.1) is 0 Å². The molecule has 2 rings (SSSR count). The topological polar surface area (TPSA) is 57.3 Å². The van der Waals surface area contributed by atoms with Crippen molar-refractivity contribution in [1.82, 2.24) is 20.5 Å². The third-order valence-corrected chi connectivity index (χ3v) is 3.51. The number of amides is 2. The van der Waals surface area contributed by atoms with Crippen LogP contribution in [-0.2, 0) is 6.54 Å². The molecule has 1 aromatic heterocycles. The first-order valence-electron chi connectivity index (χ1n) is 7.04. The van der Waals surface area contributed by atoms with Crippen LogP contribution in [0.25, 0.3) is 0 Å². The van der Waals surface area contributed by atoms with Gasteiger partial charge in [-0.2, -0.15) is 0 Å². The molecule has 2 N–H and O–H groups in total. The van der Waals surface area contributed by atoms with E-state index in [2.05, 4.69) is 27.1 Å². The quantitative estimate of drug-likeness (QED) is 0.801. The zero-order valence-corrected chi connectivity index (χ0v) is 11.7. The van der Waals surface area contributed by atoms with Gasteiger partial charge in [-0.1, -0.05) is 6.08 Å². The number of aromatic nitrogens is 1. The van der Waals surface area contributed by atoms with Gasteiger partial charge in [0.15, 0.2) is 0 Å². The maximum absolute atomic E-state index is 11.8. The van der Waals surface area contributed by atoms with E-state index < -0.39 is 0 Å². The van der Waals surface area contributed by atoms with Gasteiger partial charge >= 0.3 is 6.03 Å². The van der Waals surface area contributed by atoms with Gasteiger partial charge in [-0.25, -0.2) is 4.79 Å². The van der Waals surface area contributed by atoms with Crippen LogP contribution in [0.1, 0.15) is 18.4 Å². The van der Waals surface area contributed by atoms with Crippen molar-refractivity contribution < 1.29 is 4.79 Å². The number of carbonyl (C=O) groups excluding carboxylic acids is 1. The number of nitrogens with one attached hydrogen (secondary N) is 2. The predicted molar refractivity (Wildman–Crippen MR) is 79.3 cm³/mol. The smallest absolute Gasteiger partial charge is 0.315 e. The van der Waals surface area contributed by atoms with Crippen molar-refractivity contribution in [2.24, 2.45) is 0 Å². The minimum absolute atomic E-state index is 0.0935. The number of hydrogen-bond donors (Lipinski definition) is 2. The monoisotopic (exact) mass is 274 g/mol. The summed E-state index contributed by atoms with van der Waals surface area (Å²) in [6.07, 6.45) is 7.37. The molecule has 0 aliphatic carbocycles. The van der Waals surface area contributed by atoms with Crippen LogP contribution in [0.3, 0.4) is 0 Å². The fourth-order valence-electron chi connectivity index (χ4n) is 2.36. The average molecular weight is 274 g/mol. The van der Waals surface area contributed by atoms with Gasteiger partial charge in [0.2, 0.25) is 0 Å². The molecule has 2 heterocycles. The first-order chi connectivity index (χ1) is 9.78. The molecule has 1 aliphatic rings. The first-order valence-corrected chi connectivity index (χ1v) is 7.04. The summed E-state index contributed by atoms with van der Waals surface area (Å²) in [5, 5.41) is 5.91. The van der Waals surface area contributed by atoms with Crippen LogP contribution >= 0.6 is 0 Å². The molecule has 5 nitrogen and oxygen atoms in total. The number of pyridine rings is 1. The Hall–Kier alpha value is -1.88. The average Bonchev–Trinajstić information content (AvgIpc) is 2.49. The summed E-state index contributed by atoms with van der Waals surface area (Å²) in [6, 6.07) is 3.97. The van der Waals surface area contributed by atoms with Gasteiger partial charge in [-0.3, -0.25) is 9.88 Å². The van der Waals surface area contributed by atoms with Crippen molar-refractivity contribution in [1.29, 1.82) is 0 Å². The van der Waals surface area contributed by atoms with Gasteiger partial charge in [0.05, 0.1) is 0 Å². The largest absolute Gasteiger partial charge is 0.335 e. The summed E-state index contributed by atoms with van der Waals surface area (Å²) in [5.74, 6) is 0. The van der Waals surface area contributed by atoms with Crippen LogP contribution in [0.2, 0.25) is 0 Å². The minimum Gasteiger partial charge on any atom is -0.335 e. The fourth-order valence-corrected chi connectivity index (χ4v) is 2.36. The van der Waals surface area contributed by atoms with Crippen LogP contribution < -0.4 is 10.6 Å². The molecular weight excluding hydrogens is 252 g/mol. The second-order valence-corrected chi connectivity index (χ2v) is 5.05. The molecule has 108 valence electrons. The van der Waals surface area contributed by atoms with Gasteiger partial charge in [0.1, 0.15) is 0 Å². The van der Waals surface area contributed by atoms with E-state index in [0.29, 0.717) is 6.54 Å². The van der Waals surface area contributed by atoms with E-state index in [0.717, 1.165) is 38.0 Å². The molecule has 1 saturated heterocycles. The summed E-state index contributed by atoms with van der Waals surface area (Å²) in [7, 11) is 0. The summed E-state index contributed by atoms with van der Waals surface area (Å²) in [5.41, 5.74) is 1.05. The van der Waals surface area contributed by atoms with Crippen LogP contribution in [0.15, 0.2) is 37.2 Å². The highest BCUT2D eigenvalue weighted by Gasteiger charge is 2.19. The Morgan fingerprint density at radius 2 is 2.10 bits per heavy atom. The Morgan fingerprint density at radius 1 is 1.40 bits per heavy atom. The Kier molecular flexibility index (Phi) is 5.55. The maximum atomic E-state index is 11.8. The molecule has 0 radical (unpaired) electrons. The van der Waals surface area contributed by atoms with E-state index in [1.807, 2.05) is 18.2 Å². The zero-order valence-electron chi connectivity index (χ0n) is 11.7. The van der Waals surface area contributed by atoms with Gasteiger partial charge < -0.3 is 10.6 Å². The second kappa shape index (κ2) is 7.65. The van der Waals surface area contributed by atoms with Crippen molar-refractivity contribution >= 4 is 6.03 Å². The lowest BCUT2D eigenvalue weighted by Crippen LogP contribution is -2.47. The minimum atomic E-state index is -0.0935. The number of nitrogens with zero attached hydrogens (tertiary/aromatic N) is 2. The summed E-state index contributed by atoms with van der Waals surface area (Å²) < 4.78 is 0. The van der Waals surface area contributed by atoms with Crippen LogP contribution in [0.4, 0.5) is 4.79 Å². The molecular formula is C15H22N4O. The van der Waals surface area contributed by atoms with E-state index in [9.17, 15) is 4.79 Å². The SMILES string of the molecule is C=CCN1CCC(NC(=O)NCc2ccncc2)CC1. The molecule has 0 unspecified atom stereocenters. The molecule has 1 fully saturated rings. The number of urea groups is 1. The van der Waals surface area contributed by atoms with E-state index in [1.54, 1.807) is 12.4 Å². The van der Waals surface area contributed by atoms with Crippen molar-refractivity contribution in [2.45, 2.75) is 25.4 Å². The Bertz CT molecular complexity index is 427. The van der Waals surface area contributed by atoms with Crippen LogP contribution in [0.5, 0.6) is 0 Å². The highest BCUT2D eigenvalue weighted by Crippen LogP contribution is 2.09. The van der Waals surface area contributed by atoms with E-state index in [-0.39, 0.29) is 12.1 Å². The Labute approximate surface area is 120 Å². The van der Waals surface area contributed by atoms with E-state index >= 15 is 0 Å². The first kappa shape index (κ1) is 14.5. The van der Waals surface area contributed by atoms with Crippen molar-refractivity contribution in [2.75, 3.05) is 19.6 Å². The number of hydrogen-bond acceptors (Lipinski definition) is 3. The van der Waals surface area contributed by atoms with Crippen LogP contribution in [-0.4, -0.2) is 41.6 Å². The normalized spacial score (nSPS) is 16.6. The fraction of sp³-hybridized carbons (Fsp3) is 0.467. The standard InChI is InChI=1S/C15H22N4O/c1-2-9-19-10-5-14(6-11-19)18-15(20)17-12-13-3-7-16-8-4-13/h2-4,7-8,14H,1,5-6,9-12H2,(H2,17,18,20).